The van der Waals surface area contributed by atoms with Gasteiger partial charge in [-0.25, -0.2) is 4.39 Å². The molecule has 2 aromatic rings. The number of amides is 3. The molecule has 0 radical (unpaired) electrons. The van der Waals surface area contributed by atoms with Crippen molar-refractivity contribution in [3.05, 3.63) is 65.5 Å². The van der Waals surface area contributed by atoms with Crippen LogP contribution in [-0.2, 0) is 4.79 Å². The summed E-state index contributed by atoms with van der Waals surface area (Å²) < 4.78 is 13.9. The minimum Gasteiger partial charge on any atom is -0.366 e. The van der Waals surface area contributed by atoms with Crippen LogP contribution in [0.3, 0.4) is 0 Å². The van der Waals surface area contributed by atoms with Gasteiger partial charge in [0.15, 0.2) is 0 Å². The Morgan fingerprint density at radius 2 is 1.45 bits per heavy atom. The van der Waals surface area contributed by atoms with Gasteiger partial charge >= 0.3 is 0 Å². The van der Waals surface area contributed by atoms with E-state index in [1.807, 2.05) is 4.90 Å². The summed E-state index contributed by atoms with van der Waals surface area (Å²) in [6, 6.07) is 13.4. The van der Waals surface area contributed by atoms with E-state index in [9.17, 15) is 18.8 Å². The normalized spacial score (nSPS) is 16.4. The third-order valence-electron chi connectivity index (χ3n) is 5.48. The molecule has 0 spiro atoms. The molecular weight excluding hydrogens is 373 g/mol. The van der Waals surface area contributed by atoms with Gasteiger partial charge in [-0.2, -0.15) is 0 Å². The fourth-order valence-corrected chi connectivity index (χ4v) is 3.89. The van der Waals surface area contributed by atoms with E-state index in [2.05, 4.69) is 0 Å². The van der Waals surface area contributed by atoms with Crippen molar-refractivity contribution in [2.75, 3.05) is 37.6 Å². The molecule has 2 aromatic carbocycles. The average Bonchev–Trinajstić information content (AvgIpc) is 2.99. The third-order valence-corrected chi connectivity index (χ3v) is 5.48. The number of fused-ring (bicyclic) bond motifs is 1. The summed E-state index contributed by atoms with van der Waals surface area (Å²) in [5.74, 6) is -0.851. The summed E-state index contributed by atoms with van der Waals surface area (Å²) in [5.41, 5.74) is 1.41. The fraction of sp³-hybridized carbons (Fsp3) is 0.318. The molecule has 2 aliphatic rings. The summed E-state index contributed by atoms with van der Waals surface area (Å²) in [7, 11) is 0. The molecular formula is C22H22FN3O3. The van der Waals surface area contributed by atoms with E-state index in [4.69, 9.17) is 0 Å². The molecule has 4 rings (SSSR count). The second-order valence-electron chi connectivity index (χ2n) is 7.23. The lowest BCUT2D eigenvalue weighted by Crippen LogP contribution is -2.49. The predicted octanol–water partition coefficient (Wildman–Crippen LogP) is 2.55. The summed E-state index contributed by atoms with van der Waals surface area (Å²) in [6.07, 6.45) is 0.699. The number of benzene rings is 2. The van der Waals surface area contributed by atoms with E-state index in [-0.39, 0.29) is 36.5 Å². The van der Waals surface area contributed by atoms with Crippen molar-refractivity contribution in [3.8, 4) is 0 Å². The van der Waals surface area contributed by atoms with Crippen molar-refractivity contribution < 1.29 is 18.8 Å². The Bertz CT molecular complexity index is 919. The van der Waals surface area contributed by atoms with Crippen LogP contribution in [0.4, 0.5) is 10.1 Å². The Morgan fingerprint density at radius 1 is 0.862 bits per heavy atom. The van der Waals surface area contributed by atoms with Gasteiger partial charge in [0.05, 0.1) is 16.8 Å². The lowest BCUT2D eigenvalue weighted by Gasteiger charge is -2.36. The Kier molecular flexibility index (Phi) is 5.29. The Labute approximate surface area is 168 Å². The molecule has 0 atom stereocenters. The Balaban J connectivity index is 1.26. The maximum absolute atomic E-state index is 13.9. The largest absolute Gasteiger partial charge is 0.366 e. The zero-order valence-electron chi connectivity index (χ0n) is 16.0. The first-order valence-electron chi connectivity index (χ1n) is 9.79. The lowest BCUT2D eigenvalue weighted by molar-refractivity contribution is -0.131. The number of carbonyl (C=O) groups excluding carboxylic acids is 3. The van der Waals surface area contributed by atoms with Crippen LogP contribution in [0.1, 0.15) is 33.6 Å². The molecule has 0 bridgehead atoms. The molecule has 0 aromatic heterocycles. The number of hydrogen-bond donors (Lipinski definition) is 0. The number of anilines is 1. The lowest BCUT2D eigenvalue weighted by atomic mass is 10.1. The molecule has 29 heavy (non-hydrogen) atoms. The molecule has 3 amide bonds. The highest BCUT2D eigenvalue weighted by atomic mass is 19.1. The van der Waals surface area contributed by atoms with Gasteiger partial charge < -0.3 is 9.80 Å². The van der Waals surface area contributed by atoms with Crippen molar-refractivity contribution in [1.82, 2.24) is 9.80 Å². The first kappa shape index (κ1) is 19.1. The van der Waals surface area contributed by atoms with Crippen LogP contribution in [0.2, 0.25) is 0 Å². The minimum absolute atomic E-state index is 0.00482. The second kappa shape index (κ2) is 8.03. The first-order valence-corrected chi connectivity index (χ1v) is 9.79. The van der Waals surface area contributed by atoms with Crippen LogP contribution in [0.5, 0.6) is 0 Å². The number of piperazine rings is 1. The summed E-state index contributed by atoms with van der Waals surface area (Å²) in [4.78, 5) is 42.1. The van der Waals surface area contributed by atoms with Crippen molar-refractivity contribution in [2.24, 2.45) is 0 Å². The average molecular weight is 395 g/mol. The zero-order valence-corrected chi connectivity index (χ0v) is 16.0. The maximum Gasteiger partial charge on any atom is 0.261 e. The molecule has 6 nitrogen and oxygen atoms in total. The Hall–Kier alpha value is -3.22. The van der Waals surface area contributed by atoms with Crippen LogP contribution in [0.15, 0.2) is 48.5 Å². The Morgan fingerprint density at radius 3 is 2.07 bits per heavy atom. The van der Waals surface area contributed by atoms with Crippen LogP contribution >= 0.6 is 0 Å². The number of hydrogen-bond acceptors (Lipinski definition) is 4. The molecule has 0 saturated carbocycles. The van der Waals surface area contributed by atoms with E-state index in [1.165, 1.54) is 11.0 Å². The van der Waals surface area contributed by atoms with Gasteiger partial charge in [0.25, 0.3) is 11.8 Å². The number of carbonyl (C=O) groups is 3. The standard InChI is InChI=1S/C22H22FN3O3/c23-18-8-3-4-9-19(18)24-12-14-25(15-13-24)20(27)10-5-11-26-21(28)16-6-1-2-7-17(16)22(26)29/h1-4,6-9H,5,10-15H2. The second-order valence-corrected chi connectivity index (χ2v) is 7.23. The molecule has 2 heterocycles. The van der Waals surface area contributed by atoms with Crippen molar-refractivity contribution in [2.45, 2.75) is 12.8 Å². The summed E-state index contributed by atoms with van der Waals surface area (Å²) in [6.45, 7) is 2.43. The van der Waals surface area contributed by atoms with Gasteiger partial charge in [-0.15, -0.1) is 0 Å². The molecule has 0 aliphatic carbocycles. The van der Waals surface area contributed by atoms with Gasteiger partial charge in [0.1, 0.15) is 5.82 Å². The summed E-state index contributed by atoms with van der Waals surface area (Å²) >= 11 is 0. The molecule has 2 aliphatic heterocycles. The maximum atomic E-state index is 13.9. The molecule has 7 heteroatoms. The SMILES string of the molecule is O=C(CCCN1C(=O)c2ccccc2C1=O)N1CCN(c2ccccc2F)CC1. The van der Waals surface area contributed by atoms with Crippen LogP contribution in [0, 0.1) is 5.82 Å². The van der Waals surface area contributed by atoms with Crippen molar-refractivity contribution in [3.63, 3.8) is 0 Å². The number of para-hydroxylation sites is 1. The quantitative estimate of drug-likeness (QED) is 0.730. The van der Waals surface area contributed by atoms with Gasteiger partial charge in [-0.1, -0.05) is 24.3 Å². The van der Waals surface area contributed by atoms with Crippen LogP contribution in [-0.4, -0.2) is 60.2 Å². The smallest absolute Gasteiger partial charge is 0.261 e. The predicted molar refractivity (Wildman–Crippen MR) is 106 cm³/mol. The number of halogens is 1. The molecule has 1 fully saturated rings. The number of rotatable bonds is 5. The highest BCUT2D eigenvalue weighted by molar-refractivity contribution is 6.21. The molecule has 1 saturated heterocycles. The van der Waals surface area contributed by atoms with E-state index < -0.39 is 0 Å². The minimum atomic E-state index is -0.295. The van der Waals surface area contributed by atoms with E-state index >= 15 is 0 Å². The molecule has 0 unspecified atom stereocenters. The number of imide groups is 1. The molecule has 150 valence electrons. The van der Waals surface area contributed by atoms with E-state index in [1.54, 1.807) is 47.4 Å². The van der Waals surface area contributed by atoms with Crippen LogP contribution in [0.25, 0.3) is 0 Å². The third kappa shape index (κ3) is 3.72. The summed E-state index contributed by atoms with van der Waals surface area (Å²) in [5, 5.41) is 0. The van der Waals surface area contributed by atoms with Crippen molar-refractivity contribution in [1.29, 1.82) is 0 Å². The van der Waals surface area contributed by atoms with Crippen LogP contribution < -0.4 is 4.90 Å². The number of nitrogens with zero attached hydrogens (tertiary/aromatic N) is 3. The monoisotopic (exact) mass is 395 g/mol. The van der Waals surface area contributed by atoms with Gasteiger partial charge in [0, 0.05) is 39.1 Å². The van der Waals surface area contributed by atoms with Crippen molar-refractivity contribution >= 4 is 23.4 Å². The highest BCUT2D eigenvalue weighted by Crippen LogP contribution is 2.23. The fourth-order valence-electron chi connectivity index (χ4n) is 3.89. The molecule has 0 N–H and O–H groups in total. The van der Waals surface area contributed by atoms with E-state index in [0.29, 0.717) is 49.4 Å². The van der Waals surface area contributed by atoms with Gasteiger partial charge in [-0.3, -0.25) is 19.3 Å². The topological polar surface area (TPSA) is 60.9 Å². The van der Waals surface area contributed by atoms with E-state index in [0.717, 1.165) is 0 Å². The zero-order chi connectivity index (χ0) is 20.4. The van der Waals surface area contributed by atoms with Gasteiger partial charge in [-0.05, 0) is 30.7 Å². The highest BCUT2D eigenvalue weighted by Gasteiger charge is 2.34. The first-order chi connectivity index (χ1) is 14.1. The van der Waals surface area contributed by atoms with Gasteiger partial charge in [0.2, 0.25) is 5.91 Å².